The van der Waals surface area contributed by atoms with Gasteiger partial charge in [0.1, 0.15) is 11.3 Å². The maximum atomic E-state index is 11.7. The molecule has 0 N–H and O–H groups in total. The van der Waals surface area contributed by atoms with Gasteiger partial charge in [-0.2, -0.15) is 0 Å². The number of hydrogen-bond donors (Lipinski definition) is 0. The predicted octanol–water partition coefficient (Wildman–Crippen LogP) is 2.25. The van der Waals surface area contributed by atoms with Crippen molar-refractivity contribution in [2.45, 2.75) is 33.1 Å². The summed E-state index contributed by atoms with van der Waals surface area (Å²) in [6.07, 6.45) is 3.61. The first-order valence-electron chi connectivity index (χ1n) is 5.28. The molecule has 0 saturated heterocycles. The Kier molecular flexibility index (Phi) is 2.75. The molecule has 4 nitrogen and oxygen atoms in total. The molecule has 4 heteroatoms. The Morgan fingerprint density at radius 2 is 2.27 bits per heavy atom. The summed E-state index contributed by atoms with van der Waals surface area (Å²) < 4.78 is 10.1. The molecule has 1 heterocycles. The van der Waals surface area contributed by atoms with E-state index in [2.05, 4.69) is 5.16 Å². The van der Waals surface area contributed by atoms with Crippen LogP contribution in [-0.4, -0.2) is 17.7 Å². The second-order valence-electron chi connectivity index (χ2n) is 4.09. The van der Waals surface area contributed by atoms with Gasteiger partial charge in [0.25, 0.3) is 0 Å². The number of aryl methyl sites for hydroxylation is 2. The molecule has 0 aliphatic heterocycles. The van der Waals surface area contributed by atoms with Gasteiger partial charge in [0.05, 0.1) is 12.3 Å². The SMILES string of the molecule is Cc1noc(C)c1C(=O)OCC1CCC1. The molecule has 0 bridgehead atoms. The maximum Gasteiger partial charge on any atom is 0.343 e. The van der Waals surface area contributed by atoms with Crippen LogP contribution >= 0.6 is 0 Å². The highest BCUT2D eigenvalue weighted by Gasteiger charge is 2.23. The molecule has 0 aromatic carbocycles. The van der Waals surface area contributed by atoms with Crippen LogP contribution < -0.4 is 0 Å². The molecule has 2 rings (SSSR count). The smallest absolute Gasteiger partial charge is 0.343 e. The van der Waals surface area contributed by atoms with Gasteiger partial charge in [0.15, 0.2) is 0 Å². The third kappa shape index (κ3) is 2.03. The highest BCUT2D eigenvalue weighted by Crippen LogP contribution is 2.26. The summed E-state index contributed by atoms with van der Waals surface area (Å²) in [4.78, 5) is 11.7. The summed E-state index contributed by atoms with van der Waals surface area (Å²) in [7, 11) is 0. The minimum absolute atomic E-state index is 0.307. The standard InChI is InChI=1S/C11H15NO3/c1-7-10(8(2)15-12-7)11(13)14-6-9-4-3-5-9/h9H,3-6H2,1-2H3. The van der Waals surface area contributed by atoms with E-state index in [0.717, 1.165) is 0 Å². The van der Waals surface area contributed by atoms with Gasteiger partial charge in [-0.1, -0.05) is 11.6 Å². The summed E-state index contributed by atoms with van der Waals surface area (Å²) in [5.74, 6) is 0.790. The number of nitrogens with zero attached hydrogens (tertiary/aromatic N) is 1. The van der Waals surface area contributed by atoms with Crippen LogP contribution in [0.3, 0.4) is 0 Å². The second kappa shape index (κ2) is 4.04. The van der Waals surface area contributed by atoms with Gasteiger partial charge in [0, 0.05) is 0 Å². The summed E-state index contributed by atoms with van der Waals surface area (Å²) in [6.45, 7) is 4.00. The zero-order valence-corrected chi connectivity index (χ0v) is 9.08. The second-order valence-corrected chi connectivity index (χ2v) is 4.09. The molecule has 1 saturated carbocycles. The van der Waals surface area contributed by atoms with Crippen molar-refractivity contribution in [1.82, 2.24) is 5.16 Å². The Bertz CT molecular complexity index is 346. The minimum atomic E-state index is -0.307. The van der Waals surface area contributed by atoms with Gasteiger partial charge in [-0.15, -0.1) is 0 Å². The van der Waals surface area contributed by atoms with E-state index in [9.17, 15) is 4.79 Å². The van der Waals surface area contributed by atoms with E-state index in [0.29, 0.717) is 29.5 Å². The van der Waals surface area contributed by atoms with Gasteiger partial charge in [-0.3, -0.25) is 0 Å². The zero-order valence-electron chi connectivity index (χ0n) is 9.08. The van der Waals surface area contributed by atoms with E-state index < -0.39 is 0 Å². The van der Waals surface area contributed by atoms with Crippen LogP contribution in [0.2, 0.25) is 0 Å². The van der Waals surface area contributed by atoms with Crippen LogP contribution in [0.15, 0.2) is 4.52 Å². The van der Waals surface area contributed by atoms with Gasteiger partial charge < -0.3 is 9.26 Å². The van der Waals surface area contributed by atoms with E-state index in [1.165, 1.54) is 19.3 Å². The van der Waals surface area contributed by atoms with Crippen molar-refractivity contribution in [1.29, 1.82) is 0 Å². The van der Waals surface area contributed by atoms with E-state index in [-0.39, 0.29) is 5.97 Å². The van der Waals surface area contributed by atoms with Crippen LogP contribution in [0.1, 0.15) is 41.1 Å². The first-order chi connectivity index (χ1) is 7.18. The van der Waals surface area contributed by atoms with Crippen LogP contribution in [0.5, 0.6) is 0 Å². The lowest BCUT2D eigenvalue weighted by Crippen LogP contribution is -2.20. The fraction of sp³-hybridized carbons (Fsp3) is 0.636. The van der Waals surface area contributed by atoms with Crippen molar-refractivity contribution in [3.05, 3.63) is 17.0 Å². The molecule has 0 amide bonds. The van der Waals surface area contributed by atoms with Crippen LogP contribution in [-0.2, 0) is 4.74 Å². The Balaban J connectivity index is 1.95. The van der Waals surface area contributed by atoms with Crippen molar-refractivity contribution in [3.63, 3.8) is 0 Å². The number of rotatable bonds is 3. The molecule has 0 unspecified atom stereocenters. The number of carbonyl (C=O) groups is 1. The largest absolute Gasteiger partial charge is 0.462 e. The molecule has 15 heavy (non-hydrogen) atoms. The highest BCUT2D eigenvalue weighted by atomic mass is 16.5. The third-order valence-corrected chi connectivity index (χ3v) is 2.91. The normalized spacial score (nSPS) is 16.1. The van der Waals surface area contributed by atoms with Gasteiger partial charge >= 0.3 is 5.97 Å². The molecule has 1 aromatic rings. The molecular weight excluding hydrogens is 194 g/mol. The molecule has 82 valence electrons. The average Bonchev–Trinajstić information content (AvgIpc) is 2.43. The quantitative estimate of drug-likeness (QED) is 0.716. The molecule has 1 aliphatic carbocycles. The molecule has 1 aromatic heterocycles. The molecule has 0 spiro atoms. The summed E-state index contributed by atoms with van der Waals surface area (Å²) in [5.41, 5.74) is 1.08. The molecule has 0 atom stereocenters. The summed E-state index contributed by atoms with van der Waals surface area (Å²) >= 11 is 0. The molecular formula is C11H15NO3. The lowest BCUT2D eigenvalue weighted by molar-refractivity contribution is 0.0369. The van der Waals surface area contributed by atoms with Gasteiger partial charge in [0.2, 0.25) is 0 Å². The maximum absolute atomic E-state index is 11.7. The Labute approximate surface area is 88.6 Å². The number of ether oxygens (including phenoxy) is 1. The van der Waals surface area contributed by atoms with Gasteiger partial charge in [-0.25, -0.2) is 4.79 Å². The summed E-state index contributed by atoms with van der Waals surface area (Å²) in [6, 6.07) is 0. The van der Waals surface area contributed by atoms with Crippen molar-refractivity contribution in [2.24, 2.45) is 5.92 Å². The van der Waals surface area contributed by atoms with Crippen LogP contribution in [0, 0.1) is 19.8 Å². The van der Waals surface area contributed by atoms with E-state index in [1.54, 1.807) is 13.8 Å². The molecule has 1 aliphatic rings. The lowest BCUT2D eigenvalue weighted by Gasteiger charge is -2.24. The first-order valence-corrected chi connectivity index (χ1v) is 5.28. The number of esters is 1. The number of hydrogen-bond acceptors (Lipinski definition) is 4. The molecule has 0 radical (unpaired) electrons. The van der Waals surface area contributed by atoms with Crippen LogP contribution in [0.25, 0.3) is 0 Å². The predicted molar refractivity (Wildman–Crippen MR) is 53.6 cm³/mol. The van der Waals surface area contributed by atoms with Crippen molar-refractivity contribution in [2.75, 3.05) is 6.61 Å². The van der Waals surface area contributed by atoms with Gasteiger partial charge in [-0.05, 0) is 32.6 Å². The first kappa shape index (κ1) is 10.2. The number of carbonyl (C=O) groups excluding carboxylic acids is 1. The number of aromatic nitrogens is 1. The van der Waals surface area contributed by atoms with Crippen molar-refractivity contribution >= 4 is 5.97 Å². The van der Waals surface area contributed by atoms with Crippen molar-refractivity contribution in [3.8, 4) is 0 Å². The Morgan fingerprint density at radius 1 is 1.53 bits per heavy atom. The Hall–Kier alpha value is -1.32. The average molecular weight is 209 g/mol. The molecule has 1 fully saturated rings. The monoisotopic (exact) mass is 209 g/mol. The van der Waals surface area contributed by atoms with E-state index in [4.69, 9.17) is 9.26 Å². The summed E-state index contributed by atoms with van der Waals surface area (Å²) in [5, 5.41) is 3.72. The minimum Gasteiger partial charge on any atom is -0.462 e. The highest BCUT2D eigenvalue weighted by molar-refractivity contribution is 5.91. The fourth-order valence-corrected chi connectivity index (χ4v) is 1.70. The fourth-order valence-electron chi connectivity index (χ4n) is 1.70. The van der Waals surface area contributed by atoms with Crippen LogP contribution in [0.4, 0.5) is 0 Å². The van der Waals surface area contributed by atoms with E-state index in [1.807, 2.05) is 0 Å². The Morgan fingerprint density at radius 3 is 2.73 bits per heavy atom. The topological polar surface area (TPSA) is 52.3 Å². The van der Waals surface area contributed by atoms with E-state index >= 15 is 0 Å². The zero-order chi connectivity index (χ0) is 10.8. The lowest BCUT2D eigenvalue weighted by atomic mass is 9.86. The van der Waals surface area contributed by atoms with Crippen molar-refractivity contribution < 1.29 is 14.1 Å². The third-order valence-electron chi connectivity index (χ3n) is 2.91.